The number of amides is 2. The summed E-state index contributed by atoms with van der Waals surface area (Å²) in [4.78, 5) is 28.2. The number of carbonyl (C=O) groups is 2. The lowest BCUT2D eigenvalue weighted by Gasteiger charge is -2.08. The van der Waals surface area contributed by atoms with Crippen LogP contribution in [-0.2, 0) is 9.59 Å². The van der Waals surface area contributed by atoms with Gasteiger partial charge in [0.25, 0.3) is 5.91 Å². The lowest BCUT2D eigenvalue weighted by atomic mass is 10.2. The molecule has 0 aliphatic carbocycles. The van der Waals surface area contributed by atoms with Crippen LogP contribution in [0.4, 0.5) is 5.69 Å². The number of anilines is 1. The summed E-state index contributed by atoms with van der Waals surface area (Å²) >= 11 is 5.99. The van der Waals surface area contributed by atoms with Crippen molar-refractivity contribution >= 4 is 41.3 Å². The molecule has 2 amide bonds. The van der Waals surface area contributed by atoms with E-state index >= 15 is 0 Å². The molecule has 138 valence electrons. The van der Waals surface area contributed by atoms with Crippen LogP contribution < -0.4 is 16.1 Å². The number of hydrogen-bond acceptors (Lipinski definition) is 6. The van der Waals surface area contributed by atoms with E-state index in [1.165, 1.54) is 18.3 Å². The van der Waals surface area contributed by atoms with Gasteiger partial charge in [0.05, 0.1) is 23.3 Å². The smallest absolute Gasteiger partial charge is 0.252 e. The molecule has 9 heteroatoms. The molecule has 3 rings (SSSR count). The van der Waals surface area contributed by atoms with Gasteiger partial charge in [-0.2, -0.15) is 5.10 Å². The van der Waals surface area contributed by atoms with Crippen LogP contribution in [0.5, 0.6) is 5.75 Å². The number of hydrazone groups is 1. The van der Waals surface area contributed by atoms with Gasteiger partial charge < -0.3 is 10.4 Å². The van der Waals surface area contributed by atoms with E-state index < -0.39 is 11.9 Å². The molecular formula is C18H16ClN5O3. The van der Waals surface area contributed by atoms with Crippen molar-refractivity contribution in [1.29, 1.82) is 0 Å². The number of guanidine groups is 1. The van der Waals surface area contributed by atoms with E-state index in [1.54, 1.807) is 36.4 Å². The minimum absolute atomic E-state index is 0.121. The molecule has 1 heterocycles. The van der Waals surface area contributed by atoms with E-state index in [1.807, 2.05) is 0 Å². The maximum Gasteiger partial charge on any atom is 0.252 e. The number of nitrogens with zero attached hydrogens (tertiary/aromatic N) is 2. The van der Waals surface area contributed by atoms with Gasteiger partial charge in [0.1, 0.15) is 11.8 Å². The Kier molecular flexibility index (Phi) is 5.68. The van der Waals surface area contributed by atoms with Crippen molar-refractivity contribution in [1.82, 2.24) is 10.7 Å². The van der Waals surface area contributed by atoms with Gasteiger partial charge in [-0.15, -0.1) is 0 Å². The average Bonchev–Trinajstić information content (AvgIpc) is 2.98. The van der Waals surface area contributed by atoms with Gasteiger partial charge in [0.15, 0.2) is 0 Å². The van der Waals surface area contributed by atoms with E-state index in [0.29, 0.717) is 10.7 Å². The molecule has 0 fully saturated rings. The van der Waals surface area contributed by atoms with Crippen LogP contribution in [0.3, 0.4) is 0 Å². The quantitative estimate of drug-likeness (QED) is 0.464. The molecular weight excluding hydrogens is 370 g/mol. The van der Waals surface area contributed by atoms with Crippen molar-refractivity contribution in [3.05, 3.63) is 59.1 Å². The fourth-order valence-corrected chi connectivity index (χ4v) is 2.49. The van der Waals surface area contributed by atoms with Gasteiger partial charge in [-0.05, 0) is 42.0 Å². The van der Waals surface area contributed by atoms with Crippen LogP contribution >= 0.6 is 11.6 Å². The molecule has 0 radical (unpaired) electrons. The predicted molar refractivity (Wildman–Crippen MR) is 103 cm³/mol. The molecule has 0 aromatic heterocycles. The first-order chi connectivity index (χ1) is 13.0. The summed E-state index contributed by atoms with van der Waals surface area (Å²) in [5, 5.41) is 18.8. The minimum atomic E-state index is -0.848. The van der Waals surface area contributed by atoms with Gasteiger partial charge in [-0.1, -0.05) is 23.7 Å². The van der Waals surface area contributed by atoms with Crippen LogP contribution in [0.15, 0.2) is 58.6 Å². The SMILES string of the molecule is O=C(CC1N=C(N/N=C/c2ccc(O)cc2)NC1=O)Nc1ccccc1Cl. The molecule has 1 aliphatic rings. The second-order valence-electron chi connectivity index (χ2n) is 5.68. The zero-order valence-electron chi connectivity index (χ0n) is 14.0. The van der Waals surface area contributed by atoms with Crippen molar-refractivity contribution in [3.63, 3.8) is 0 Å². The number of para-hydroxylation sites is 1. The number of carbonyl (C=O) groups excluding carboxylic acids is 2. The Morgan fingerprint density at radius 2 is 2.00 bits per heavy atom. The van der Waals surface area contributed by atoms with Crippen molar-refractivity contribution in [2.75, 3.05) is 5.32 Å². The highest BCUT2D eigenvalue weighted by atomic mass is 35.5. The summed E-state index contributed by atoms with van der Waals surface area (Å²) in [5.41, 5.74) is 3.84. The number of phenols is 1. The molecule has 8 nitrogen and oxygen atoms in total. The molecule has 2 aromatic carbocycles. The van der Waals surface area contributed by atoms with E-state index in [-0.39, 0.29) is 24.0 Å². The lowest BCUT2D eigenvalue weighted by molar-refractivity contribution is -0.123. The van der Waals surface area contributed by atoms with Crippen molar-refractivity contribution < 1.29 is 14.7 Å². The van der Waals surface area contributed by atoms with Crippen LogP contribution in [0.2, 0.25) is 5.02 Å². The summed E-state index contributed by atoms with van der Waals surface area (Å²) in [5.74, 6) is -0.455. The number of phenolic OH excluding ortho intramolecular Hbond substituents is 1. The van der Waals surface area contributed by atoms with E-state index in [2.05, 4.69) is 26.2 Å². The van der Waals surface area contributed by atoms with Gasteiger partial charge in [0, 0.05) is 0 Å². The number of aromatic hydroxyl groups is 1. The first-order valence-corrected chi connectivity index (χ1v) is 8.40. The zero-order valence-corrected chi connectivity index (χ0v) is 14.8. The highest BCUT2D eigenvalue weighted by Crippen LogP contribution is 2.21. The Labute approximate surface area is 160 Å². The number of rotatable bonds is 5. The first-order valence-electron chi connectivity index (χ1n) is 8.02. The molecule has 0 saturated heterocycles. The third-order valence-corrected chi connectivity index (χ3v) is 3.96. The van der Waals surface area contributed by atoms with Crippen LogP contribution in [0.1, 0.15) is 12.0 Å². The fraction of sp³-hybridized carbons (Fsp3) is 0.111. The monoisotopic (exact) mass is 385 g/mol. The highest BCUT2D eigenvalue weighted by molar-refractivity contribution is 6.33. The summed E-state index contributed by atoms with van der Waals surface area (Å²) in [7, 11) is 0. The largest absolute Gasteiger partial charge is 0.508 e. The summed E-state index contributed by atoms with van der Waals surface area (Å²) < 4.78 is 0. The molecule has 1 aliphatic heterocycles. The number of aliphatic imine (C=N–C) groups is 1. The Bertz CT molecular complexity index is 911. The Morgan fingerprint density at radius 1 is 1.26 bits per heavy atom. The Hall–Kier alpha value is -3.39. The maximum absolute atomic E-state index is 12.1. The van der Waals surface area contributed by atoms with Gasteiger partial charge in [-0.25, -0.2) is 10.4 Å². The molecule has 4 N–H and O–H groups in total. The number of hydrogen-bond donors (Lipinski definition) is 4. The van der Waals surface area contributed by atoms with E-state index in [4.69, 9.17) is 11.6 Å². The molecule has 27 heavy (non-hydrogen) atoms. The van der Waals surface area contributed by atoms with E-state index in [0.717, 1.165) is 5.56 Å². The van der Waals surface area contributed by atoms with Gasteiger partial charge in [-0.3, -0.25) is 14.9 Å². The van der Waals surface area contributed by atoms with Crippen molar-refractivity contribution in [2.24, 2.45) is 10.1 Å². The Balaban J connectivity index is 1.55. The molecule has 1 atom stereocenters. The van der Waals surface area contributed by atoms with Crippen LogP contribution in [-0.4, -0.2) is 35.1 Å². The van der Waals surface area contributed by atoms with Gasteiger partial charge >= 0.3 is 0 Å². The third kappa shape index (κ3) is 5.05. The topological polar surface area (TPSA) is 115 Å². The molecule has 1 unspecified atom stereocenters. The summed E-state index contributed by atoms with van der Waals surface area (Å²) in [6.45, 7) is 0. The number of halogens is 1. The molecule has 0 bridgehead atoms. The normalized spacial score (nSPS) is 16.1. The zero-order chi connectivity index (χ0) is 19.2. The molecule has 0 saturated carbocycles. The predicted octanol–water partition coefficient (Wildman–Crippen LogP) is 1.85. The van der Waals surface area contributed by atoms with Gasteiger partial charge in [0.2, 0.25) is 11.9 Å². The first kappa shape index (κ1) is 18.4. The highest BCUT2D eigenvalue weighted by Gasteiger charge is 2.28. The molecule has 0 spiro atoms. The maximum atomic E-state index is 12.1. The minimum Gasteiger partial charge on any atom is -0.508 e. The van der Waals surface area contributed by atoms with Crippen molar-refractivity contribution in [2.45, 2.75) is 12.5 Å². The Morgan fingerprint density at radius 3 is 2.74 bits per heavy atom. The standard InChI is InChI=1S/C18H16ClN5O3/c19-13-3-1-2-4-14(13)21-16(26)9-15-17(27)23-18(22-15)24-20-10-11-5-7-12(25)8-6-11/h1-8,10,15,25H,9H2,(H,21,26)(H2,22,23,24,27)/b20-10+. The lowest BCUT2D eigenvalue weighted by Crippen LogP contribution is -2.35. The van der Waals surface area contributed by atoms with Crippen molar-refractivity contribution in [3.8, 4) is 5.75 Å². The second kappa shape index (κ2) is 8.33. The van der Waals surface area contributed by atoms with Crippen LogP contribution in [0.25, 0.3) is 0 Å². The summed E-state index contributed by atoms with van der Waals surface area (Å²) in [6.07, 6.45) is 1.38. The van der Waals surface area contributed by atoms with Crippen LogP contribution in [0, 0.1) is 0 Å². The van der Waals surface area contributed by atoms with E-state index in [9.17, 15) is 14.7 Å². The summed E-state index contributed by atoms with van der Waals surface area (Å²) in [6, 6.07) is 12.4. The fourth-order valence-electron chi connectivity index (χ4n) is 2.31. The number of nitrogens with one attached hydrogen (secondary N) is 3. The third-order valence-electron chi connectivity index (χ3n) is 3.63. The second-order valence-corrected chi connectivity index (χ2v) is 6.08. The molecule has 2 aromatic rings. The number of benzene rings is 2. The average molecular weight is 386 g/mol.